The molecular weight excluding hydrogens is 285 g/mol. The number of benzene rings is 1. The number of rotatable bonds is 6. The van der Waals surface area contributed by atoms with Gasteiger partial charge in [-0.1, -0.05) is 29.1 Å². The maximum absolute atomic E-state index is 9.78. The highest BCUT2D eigenvalue weighted by Crippen LogP contribution is 2.26. The van der Waals surface area contributed by atoms with Gasteiger partial charge >= 0.3 is 0 Å². The number of nitrogens with one attached hydrogen (secondary N) is 1. The van der Waals surface area contributed by atoms with Crippen LogP contribution in [0, 0.1) is 12.3 Å². The molecule has 0 aliphatic rings. The van der Waals surface area contributed by atoms with E-state index in [1.807, 2.05) is 13.8 Å². The topological polar surface area (TPSA) is 41.5 Å². The summed E-state index contributed by atoms with van der Waals surface area (Å²) in [6.07, 6.45) is 4.67. The van der Waals surface area contributed by atoms with Gasteiger partial charge in [-0.15, -0.1) is 6.42 Å². The molecule has 0 fully saturated rings. The Kier molecular flexibility index (Phi) is 5.96. The molecule has 5 heteroatoms. The molecule has 1 aromatic rings. The van der Waals surface area contributed by atoms with Crippen molar-refractivity contribution in [2.24, 2.45) is 0 Å². The predicted octanol–water partition coefficient (Wildman–Crippen LogP) is 2.73. The van der Waals surface area contributed by atoms with E-state index in [0.29, 0.717) is 22.3 Å². The van der Waals surface area contributed by atoms with Crippen LogP contribution in [-0.4, -0.2) is 29.9 Å². The smallest absolute Gasteiger partial charge is 0.121 e. The second-order valence-corrected chi connectivity index (χ2v) is 5.51. The number of hydrogen-bond donors (Lipinski definition) is 2. The summed E-state index contributed by atoms with van der Waals surface area (Å²) < 4.78 is 5.42. The van der Waals surface area contributed by atoms with Crippen LogP contribution in [0.3, 0.4) is 0 Å². The minimum Gasteiger partial charge on any atom is -0.491 e. The molecule has 104 valence electrons. The van der Waals surface area contributed by atoms with Crippen LogP contribution in [0.1, 0.15) is 13.8 Å². The van der Waals surface area contributed by atoms with Crippen molar-refractivity contribution in [1.82, 2.24) is 5.32 Å². The van der Waals surface area contributed by atoms with Crippen molar-refractivity contribution in [2.75, 3.05) is 13.2 Å². The van der Waals surface area contributed by atoms with Crippen molar-refractivity contribution in [1.29, 1.82) is 0 Å². The Hall–Kier alpha value is -0.920. The van der Waals surface area contributed by atoms with Crippen LogP contribution in [0.2, 0.25) is 10.0 Å². The number of aliphatic hydroxyl groups is 1. The minimum absolute atomic E-state index is 0.144. The Bertz CT molecular complexity index is 469. The van der Waals surface area contributed by atoms with E-state index in [4.69, 9.17) is 34.4 Å². The highest BCUT2D eigenvalue weighted by Gasteiger charge is 2.15. The van der Waals surface area contributed by atoms with E-state index in [2.05, 4.69) is 11.2 Å². The zero-order valence-electron chi connectivity index (χ0n) is 10.9. The summed E-state index contributed by atoms with van der Waals surface area (Å²) in [7, 11) is 0. The van der Waals surface area contributed by atoms with Gasteiger partial charge in [-0.2, -0.15) is 0 Å². The largest absolute Gasteiger partial charge is 0.491 e. The third-order valence-electron chi connectivity index (χ3n) is 2.47. The van der Waals surface area contributed by atoms with Crippen molar-refractivity contribution in [2.45, 2.75) is 25.5 Å². The van der Waals surface area contributed by atoms with Crippen molar-refractivity contribution >= 4 is 23.2 Å². The van der Waals surface area contributed by atoms with Crippen LogP contribution >= 0.6 is 23.2 Å². The summed E-state index contributed by atoms with van der Waals surface area (Å²) in [6, 6.07) is 4.94. The molecule has 0 radical (unpaired) electrons. The Morgan fingerprint density at radius 3 is 2.68 bits per heavy atom. The summed E-state index contributed by atoms with van der Waals surface area (Å²) in [6.45, 7) is 4.21. The Morgan fingerprint density at radius 1 is 1.42 bits per heavy atom. The lowest BCUT2D eigenvalue weighted by molar-refractivity contribution is 0.102. The van der Waals surface area contributed by atoms with Gasteiger partial charge in [0.05, 0.1) is 15.6 Å². The molecule has 0 aromatic heterocycles. The lowest BCUT2D eigenvalue weighted by Gasteiger charge is -2.22. The highest BCUT2D eigenvalue weighted by atomic mass is 35.5. The van der Waals surface area contributed by atoms with Gasteiger partial charge in [0.2, 0.25) is 0 Å². The Labute approximate surface area is 123 Å². The van der Waals surface area contributed by atoms with Gasteiger partial charge in [-0.25, -0.2) is 0 Å². The lowest BCUT2D eigenvalue weighted by atomic mass is 10.1. The number of terminal acetylenes is 1. The normalized spacial score (nSPS) is 12.8. The van der Waals surface area contributed by atoms with Crippen LogP contribution < -0.4 is 10.1 Å². The van der Waals surface area contributed by atoms with Crippen molar-refractivity contribution in [3.8, 4) is 18.1 Å². The van der Waals surface area contributed by atoms with Gasteiger partial charge in [0.15, 0.2) is 0 Å². The first-order valence-electron chi connectivity index (χ1n) is 5.83. The average molecular weight is 302 g/mol. The quantitative estimate of drug-likeness (QED) is 0.794. The van der Waals surface area contributed by atoms with Gasteiger partial charge in [0.25, 0.3) is 0 Å². The molecule has 0 aliphatic heterocycles. The zero-order chi connectivity index (χ0) is 14.5. The number of β-amino-alcohol motifs (C(OH)–C–C–N with tert-alkyl or cyclic N) is 1. The fourth-order valence-corrected chi connectivity index (χ4v) is 1.53. The molecule has 1 aromatic carbocycles. The van der Waals surface area contributed by atoms with E-state index in [1.54, 1.807) is 18.2 Å². The first kappa shape index (κ1) is 16.1. The zero-order valence-corrected chi connectivity index (χ0v) is 12.4. The molecule has 1 atom stereocenters. The predicted molar refractivity (Wildman–Crippen MR) is 78.9 cm³/mol. The molecular formula is C14H17Cl2NO2. The SMILES string of the molecule is C#CC(C)(C)NCC(O)COc1ccc(Cl)c(Cl)c1. The van der Waals surface area contributed by atoms with E-state index in [9.17, 15) is 5.11 Å². The molecule has 0 spiro atoms. The average Bonchev–Trinajstić information content (AvgIpc) is 2.38. The third-order valence-corrected chi connectivity index (χ3v) is 3.21. The molecule has 19 heavy (non-hydrogen) atoms. The van der Waals surface area contributed by atoms with Gasteiger partial charge in [-0.3, -0.25) is 5.32 Å². The standard InChI is InChI=1S/C14H17Cl2NO2/c1-4-14(2,3)17-8-10(18)9-19-11-5-6-12(15)13(16)7-11/h1,5-7,10,17-18H,8-9H2,2-3H3. The first-order chi connectivity index (χ1) is 8.84. The monoisotopic (exact) mass is 301 g/mol. The molecule has 1 rings (SSSR count). The van der Waals surface area contributed by atoms with Gasteiger partial charge in [0, 0.05) is 12.6 Å². The van der Waals surface area contributed by atoms with Crippen molar-refractivity contribution in [3.05, 3.63) is 28.2 Å². The number of hydrogen-bond acceptors (Lipinski definition) is 3. The Morgan fingerprint density at radius 2 is 2.11 bits per heavy atom. The van der Waals surface area contributed by atoms with E-state index < -0.39 is 11.6 Å². The second-order valence-electron chi connectivity index (χ2n) is 4.69. The van der Waals surface area contributed by atoms with Crippen LogP contribution in [-0.2, 0) is 0 Å². The number of aliphatic hydroxyl groups excluding tert-OH is 1. The van der Waals surface area contributed by atoms with Crippen molar-refractivity contribution < 1.29 is 9.84 Å². The summed E-state index contributed by atoms with van der Waals surface area (Å²) in [5, 5.41) is 13.7. The molecule has 3 nitrogen and oxygen atoms in total. The summed E-state index contributed by atoms with van der Waals surface area (Å²) in [4.78, 5) is 0. The van der Waals surface area contributed by atoms with Gasteiger partial charge in [-0.05, 0) is 26.0 Å². The van der Waals surface area contributed by atoms with Gasteiger partial charge in [0.1, 0.15) is 18.5 Å². The van der Waals surface area contributed by atoms with E-state index in [1.165, 1.54) is 0 Å². The van der Waals surface area contributed by atoms with Crippen LogP contribution in [0.15, 0.2) is 18.2 Å². The van der Waals surface area contributed by atoms with E-state index in [-0.39, 0.29) is 6.61 Å². The lowest BCUT2D eigenvalue weighted by Crippen LogP contribution is -2.43. The molecule has 1 unspecified atom stereocenters. The minimum atomic E-state index is -0.665. The highest BCUT2D eigenvalue weighted by molar-refractivity contribution is 6.42. The fourth-order valence-electron chi connectivity index (χ4n) is 1.24. The van der Waals surface area contributed by atoms with Crippen LogP contribution in [0.5, 0.6) is 5.75 Å². The molecule has 2 N–H and O–H groups in total. The maximum Gasteiger partial charge on any atom is 0.121 e. The molecule has 0 saturated heterocycles. The third kappa shape index (κ3) is 5.71. The first-order valence-corrected chi connectivity index (χ1v) is 6.58. The van der Waals surface area contributed by atoms with Crippen LogP contribution in [0.25, 0.3) is 0 Å². The molecule has 0 bridgehead atoms. The number of halogens is 2. The summed E-state index contributed by atoms with van der Waals surface area (Å²) in [5.41, 5.74) is -0.454. The molecule has 0 heterocycles. The van der Waals surface area contributed by atoms with E-state index >= 15 is 0 Å². The van der Waals surface area contributed by atoms with E-state index in [0.717, 1.165) is 0 Å². The summed E-state index contributed by atoms with van der Waals surface area (Å²) >= 11 is 11.7. The molecule has 0 saturated carbocycles. The second kappa shape index (κ2) is 7.02. The van der Waals surface area contributed by atoms with Crippen molar-refractivity contribution in [3.63, 3.8) is 0 Å². The molecule has 0 amide bonds. The van der Waals surface area contributed by atoms with Crippen LogP contribution in [0.4, 0.5) is 0 Å². The summed E-state index contributed by atoms with van der Waals surface area (Å²) in [5.74, 6) is 3.15. The Balaban J connectivity index is 2.40. The molecule has 0 aliphatic carbocycles. The fraction of sp³-hybridized carbons (Fsp3) is 0.429. The number of ether oxygens (including phenoxy) is 1. The maximum atomic E-state index is 9.78. The van der Waals surface area contributed by atoms with Gasteiger partial charge < -0.3 is 9.84 Å².